The van der Waals surface area contributed by atoms with Crippen molar-refractivity contribution in [3.63, 3.8) is 0 Å². The molecule has 0 saturated heterocycles. The van der Waals surface area contributed by atoms with Crippen LogP contribution in [0, 0.1) is 0 Å². The molecule has 1 atom stereocenters. The first-order valence-electron chi connectivity index (χ1n) is 5.41. The smallest absolute Gasteiger partial charge is 0.207 e. The second-order valence-electron chi connectivity index (χ2n) is 4.03. The second kappa shape index (κ2) is 5.14. The summed E-state index contributed by atoms with van der Waals surface area (Å²) in [5.74, 6) is 0. The van der Waals surface area contributed by atoms with E-state index in [1.807, 2.05) is 6.07 Å². The first-order chi connectivity index (χ1) is 7.96. The van der Waals surface area contributed by atoms with Crippen LogP contribution in [0.15, 0.2) is 27.6 Å². The van der Waals surface area contributed by atoms with E-state index >= 15 is 0 Å². The van der Waals surface area contributed by atoms with Gasteiger partial charge in [-0.05, 0) is 30.2 Å². The van der Waals surface area contributed by atoms with Crippen molar-refractivity contribution >= 4 is 48.5 Å². The summed E-state index contributed by atoms with van der Waals surface area (Å²) in [5.41, 5.74) is 0.886. The van der Waals surface area contributed by atoms with Gasteiger partial charge in [0.25, 0.3) is 0 Å². The van der Waals surface area contributed by atoms with E-state index in [2.05, 4.69) is 45.4 Å². The van der Waals surface area contributed by atoms with Gasteiger partial charge < -0.3 is 0 Å². The molecule has 94 valence electrons. The van der Waals surface area contributed by atoms with E-state index in [0.717, 1.165) is 22.9 Å². The molecule has 0 fully saturated rings. The number of alkyl halides is 1. The van der Waals surface area contributed by atoms with Crippen molar-refractivity contribution in [2.24, 2.45) is 0 Å². The maximum absolute atomic E-state index is 12.3. The molecule has 2 rings (SSSR count). The van der Waals surface area contributed by atoms with Crippen LogP contribution in [-0.2, 0) is 16.6 Å². The number of halogens is 2. The standard InChI is InChI=1S/C11H13BrINO2S/c1-2-3-11(13)14-7-8-6-9(12)4-5-10(8)17(14,15)16/h4-6,11H,2-3,7H2,1H3. The third-order valence-electron chi connectivity index (χ3n) is 2.77. The lowest BCUT2D eigenvalue weighted by atomic mass is 10.2. The first kappa shape index (κ1) is 13.8. The van der Waals surface area contributed by atoms with E-state index in [4.69, 9.17) is 0 Å². The van der Waals surface area contributed by atoms with Crippen LogP contribution in [0.1, 0.15) is 25.3 Å². The number of nitrogens with zero attached hydrogens (tertiary/aromatic N) is 1. The molecular weight excluding hydrogens is 417 g/mol. The van der Waals surface area contributed by atoms with Gasteiger partial charge in [-0.2, -0.15) is 4.31 Å². The summed E-state index contributed by atoms with van der Waals surface area (Å²) < 4.78 is 27.2. The average molecular weight is 430 g/mol. The molecule has 1 aliphatic rings. The molecule has 1 aliphatic heterocycles. The Morgan fingerprint density at radius 2 is 2.24 bits per heavy atom. The second-order valence-corrected chi connectivity index (χ2v) is 8.24. The lowest BCUT2D eigenvalue weighted by Gasteiger charge is -2.20. The summed E-state index contributed by atoms with van der Waals surface area (Å²) in [6.45, 7) is 2.56. The van der Waals surface area contributed by atoms with Crippen LogP contribution in [0.3, 0.4) is 0 Å². The molecule has 0 spiro atoms. The maximum atomic E-state index is 12.3. The largest absolute Gasteiger partial charge is 0.244 e. The number of fused-ring (bicyclic) bond motifs is 1. The van der Waals surface area contributed by atoms with Crippen LogP contribution in [0.2, 0.25) is 0 Å². The molecule has 0 radical (unpaired) electrons. The van der Waals surface area contributed by atoms with Gasteiger partial charge >= 0.3 is 0 Å². The molecule has 0 saturated carbocycles. The maximum Gasteiger partial charge on any atom is 0.244 e. The van der Waals surface area contributed by atoms with Crippen molar-refractivity contribution in [1.29, 1.82) is 0 Å². The Hall–Kier alpha value is 0.340. The van der Waals surface area contributed by atoms with Gasteiger partial charge in [-0.3, -0.25) is 0 Å². The molecule has 3 nitrogen and oxygen atoms in total. The van der Waals surface area contributed by atoms with Crippen molar-refractivity contribution in [1.82, 2.24) is 4.31 Å². The number of rotatable bonds is 3. The normalized spacial score (nSPS) is 20.2. The van der Waals surface area contributed by atoms with Crippen LogP contribution in [0.4, 0.5) is 0 Å². The molecule has 0 amide bonds. The Bertz CT molecular complexity index is 532. The highest BCUT2D eigenvalue weighted by atomic mass is 127. The van der Waals surface area contributed by atoms with Crippen molar-refractivity contribution < 1.29 is 8.42 Å². The fourth-order valence-corrected chi connectivity index (χ4v) is 5.72. The molecule has 0 aliphatic carbocycles. The highest BCUT2D eigenvalue weighted by molar-refractivity contribution is 14.1. The molecule has 6 heteroatoms. The number of hydrogen-bond donors (Lipinski definition) is 0. The Kier molecular flexibility index (Phi) is 4.16. The minimum atomic E-state index is -3.28. The zero-order valence-corrected chi connectivity index (χ0v) is 13.9. The number of hydrogen-bond acceptors (Lipinski definition) is 2. The minimum absolute atomic E-state index is 0.0359. The molecule has 17 heavy (non-hydrogen) atoms. The molecule has 0 N–H and O–H groups in total. The molecule has 1 aromatic rings. The Balaban J connectivity index is 2.40. The van der Waals surface area contributed by atoms with Crippen LogP contribution < -0.4 is 0 Å². The summed E-state index contributed by atoms with van der Waals surface area (Å²) in [6.07, 6.45) is 1.87. The minimum Gasteiger partial charge on any atom is -0.207 e. The fourth-order valence-electron chi connectivity index (χ4n) is 1.93. The predicted molar refractivity (Wildman–Crippen MR) is 79.6 cm³/mol. The highest BCUT2D eigenvalue weighted by Gasteiger charge is 2.37. The fraction of sp³-hybridized carbons (Fsp3) is 0.455. The van der Waals surface area contributed by atoms with Gasteiger partial charge in [-0.1, -0.05) is 51.9 Å². The van der Waals surface area contributed by atoms with E-state index in [1.165, 1.54) is 0 Å². The highest BCUT2D eigenvalue weighted by Crippen LogP contribution is 2.36. The van der Waals surface area contributed by atoms with E-state index in [-0.39, 0.29) is 4.05 Å². The van der Waals surface area contributed by atoms with Crippen molar-refractivity contribution in [3.8, 4) is 0 Å². The lowest BCUT2D eigenvalue weighted by molar-refractivity contribution is 0.401. The third-order valence-corrected chi connectivity index (χ3v) is 6.90. The van der Waals surface area contributed by atoms with Crippen LogP contribution in [0.25, 0.3) is 0 Å². The summed E-state index contributed by atoms with van der Waals surface area (Å²) in [7, 11) is -3.28. The Morgan fingerprint density at radius 1 is 1.53 bits per heavy atom. The lowest BCUT2D eigenvalue weighted by Crippen LogP contribution is -2.31. The zero-order chi connectivity index (χ0) is 12.6. The van der Waals surface area contributed by atoms with E-state index in [9.17, 15) is 8.42 Å². The molecule has 1 aromatic carbocycles. The van der Waals surface area contributed by atoms with Gasteiger partial charge in [0.1, 0.15) is 0 Å². The van der Waals surface area contributed by atoms with Gasteiger partial charge in [-0.25, -0.2) is 8.42 Å². The van der Waals surface area contributed by atoms with E-state index in [1.54, 1.807) is 16.4 Å². The Morgan fingerprint density at radius 3 is 2.88 bits per heavy atom. The van der Waals surface area contributed by atoms with Crippen molar-refractivity contribution in [2.75, 3.05) is 0 Å². The van der Waals surface area contributed by atoms with Crippen LogP contribution in [-0.4, -0.2) is 16.8 Å². The number of benzene rings is 1. The SMILES string of the molecule is CCCC(I)N1Cc2cc(Br)ccc2S1(=O)=O. The van der Waals surface area contributed by atoms with E-state index < -0.39 is 10.0 Å². The predicted octanol–water partition coefficient (Wildman–Crippen LogP) is 3.51. The van der Waals surface area contributed by atoms with Gasteiger partial charge in [0.2, 0.25) is 10.0 Å². The van der Waals surface area contributed by atoms with Crippen LogP contribution in [0.5, 0.6) is 0 Å². The Labute approximate surface area is 124 Å². The van der Waals surface area contributed by atoms with Gasteiger partial charge in [0.15, 0.2) is 0 Å². The molecule has 1 unspecified atom stereocenters. The van der Waals surface area contributed by atoms with Gasteiger partial charge in [-0.15, -0.1) is 0 Å². The van der Waals surface area contributed by atoms with Gasteiger partial charge in [0.05, 0.1) is 8.94 Å². The summed E-state index contributed by atoms with van der Waals surface area (Å²) >= 11 is 5.59. The summed E-state index contributed by atoms with van der Waals surface area (Å²) in [4.78, 5) is 0.457. The molecule has 0 aromatic heterocycles. The topological polar surface area (TPSA) is 37.4 Å². The molecule has 1 heterocycles. The molecular formula is C11H13BrINO2S. The summed E-state index contributed by atoms with van der Waals surface area (Å²) in [5, 5.41) is 0. The zero-order valence-electron chi connectivity index (χ0n) is 9.36. The van der Waals surface area contributed by atoms with Crippen LogP contribution >= 0.6 is 38.5 Å². The summed E-state index contributed by atoms with van der Waals surface area (Å²) in [6, 6.07) is 5.36. The monoisotopic (exact) mass is 429 g/mol. The van der Waals surface area contributed by atoms with E-state index in [0.29, 0.717) is 11.4 Å². The third kappa shape index (κ3) is 2.54. The first-order valence-corrected chi connectivity index (χ1v) is 8.89. The van der Waals surface area contributed by atoms with Crippen molar-refractivity contribution in [3.05, 3.63) is 28.2 Å². The molecule has 0 bridgehead atoms. The number of sulfonamides is 1. The van der Waals surface area contributed by atoms with Gasteiger partial charge in [0, 0.05) is 11.0 Å². The quantitative estimate of drug-likeness (QED) is 0.418. The van der Waals surface area contributed by atoms with Crippen molar-refractivity contribution in [2.45, 2.75) is 35.3 Å². The average Bonchev–Trinajstić information content (AvgIpc) is 2.50.